The van der Waals surface area contributed by atoms with Crippen LogP contribution in [0.5, 0.6) is 5.75 Å². The van der Waals surface area contributed by atoms with Gasteiger partial charge in [0.05, 0.1) is 7.11 Å². The Morgan fingerprint density at radius 3 is 2.29 bits per heavy atom. The van der Waals surface area contributed by atoms with Gasteiger partial charge in [-0.05, 0) is 31.4 Å². The minimum atomic E-state index is -4.76. The van der Waals surface area contributed by atoms with Gasteiger partial charge in [0.25, 0.3) is 11.8 Å². The summed E-state index contributed by atoms with van der Waals surface area (Å²) in [5, 5.41) is 0. The molecule has 2 aliphatic rings. The van der Waals surface area contributed by atoms with Crippen molar-refractivity contribution < 1.29 is 44.6 Å². The summed E-state index contributed by atoms with van der Waals surface area (Å²) in [6.45, 7) is 6.33. The minimum Gasteiger partial charge on any atom is -0.478 e. The molecule has 0 aliphatic carbocycles. The van der Waals surface area contributed by atoms with E-state index in [2.05, 4.69) is 16.3 Å². The molecule has 0 radical (unpaired) electrons. The van der Waals surface area contributed by atoms with Crippen molar-refractivity contribution in [1.82, 2.24) is 9.80 Å². The predicted molar refractivity (Wildman–Crippen MR) is 129 cm³/mol. The van der Waals surface area contributed by atoms with Crippen LogP contribution in [0.25, 0.3) is 0 Å². The van der Waals surface area contributed by atoms with Gasteiger partial charge < -0.3 is 14.4 Å². The van der Waals surface area contributed by atoms with Gasteiger partial charge in [0.1, 0.15) is 16.4 Å². The number of likely N-dealkylation sites (tertiary alicyclic amines) is 2. The van der Waals surface area contributed by atoms with E-state index in [0.717, 1.165) is 13.4 Å². The summed E-state index contributed by atoms with van der Waals surface area (Å²) < 4.78 is 102. The molecule has 0 N–H and O–H groups in total. The fourth-order valence-corrected chi connectivity index (χ4v) is 5.57. The molecule has 1 amide bonds. The van der Waals surface area contributed by atoms with E-state index >= 15 is 0 Å². The van der Waals surface area contributed by atoms with Gasteiger partial charge in [-0.25, -0.2) is 22.2 Å². The summed E-state index contributed by atoms with van der Waals surface area (Å²) in [4.78, 5) is 19.4. The highest BCUT2D eigenvalue weighted by Gasteiger charge is 2.44. The van der Waals surface area contributed by atoms with Crippen molar-refractivity contribution in [2.24, 2.45) is 4.99 Å². The third-order valence-corrected chi connectivity index (χ3v) is 7.99. The largest absolute Gasteiger partial charge is 0.478 e. The highest BCUT2D eigenvalue weighted by atomic mass is 32.2. The molecule has 1 aromatic rings. The van der Waals surface area contributed by atoms with Gasteiger partial charge in [-0.1, -0.05) is 13.5 Å². The van der Waals surface area contributed by atoms with Gasteiger partial charge in [0.15, 0.2) is 27.5 Å². The fourth-order valence-electron chi connectivity index (χ4n) is 4.84. The Labute approximate surface area is 218 Å². The molecule has 0 saturated carbocycles. The minimum absolute atomic E-state index is 0.201. The summed E-state index contributed by atoms with van der Waals surface area (Å²) in [7, 11) is -3.09. The highest BCUT2D eigenvalue weighted by Crippen LogP contribution is 2.33. The Bertz CT molecular complexity index is 1200. The lowest BCUT2D eigenvalue weighted by molar-refractivity contribution is -0.136. The molecule has 0 bridgehead atoms. The second kappa shape index (κ2) is 11.2. The lowest BCUT2D eigenvalue weighted by Crippen LogP contribution is -2.54. The first-order chi connectivity index (χ1) is 17.7. The van der Waals surface area contributed by atoms with E-state index < -0.39 is 61.9 Å². The maximum absolute atomic E-state index is 14.4. The molecule has 0 aromatic heterocycles. The van der Waals surface area contributed by atoms with E-state index in [1.807, 2.05) is 0 Å². The number of carbonyl (C=O) groups excluding carboxylic acids is 1. The summed E-state index contributed by atoms with van der Waals surface area (Å²) >= 11 is 0. The lowest BCUT2D eigenvalue weighted by Gasteiger charge is -2.44. The number of piperidine rings is 1. The van der Waals surface area contributed by atoms with Crippen molar-refractivity contribution in [1.29, 1.82) is 0 Å². The number of halogens is 5. The molecule has 8 nitrogen and oxygen atoms in total. The first-order valence-corrected chi connectivity index (χ1v) is 13.8. The van der Waals surface area contributed by atoms with E-state index in [9.17, 15) is 35.2 Å². The molecular weight excluding hydrogens is 537 g/mol. The number of ether oxygens (including phenoxy) is 2. The Morgan fingerprint density at radius 1 is 1.16 bits per heavy atom. The van der Waals surface area contributed by atoms with Crippen LogP contribution in [-0.4, -0.2) is 87.0 Å². The lowest BCUT2D eigenvalue weighted by atomic mass is 9.97. The third kappa shape index (κ3) is 6.11. The van der Waals surface area contributed by atoms with Gasteiger partial charge in [0, 0.05) is 44.4 Å². The number of rotatable bonds is 8. The molecule has 2 fully saturated rings. The maximum Gasteiger partial charge on any atom is 0.468 e. The second-order valence-electron chi connectivity index (χ2n) is 9.19. The van der Waals surface area contributed by atoms with Gasteiger partial charge in [0.2, 0.25) is 0 Å². The van der Waals surface area contributed by atoms with Crippen molar-refractivity contribution in [3.8, 4) is 5.75 Å². The quantitative estimate of drug-likeness (QED) is 0.206. The predicted octanol–water partition coefficient (Wildman–Crippen LogP) is 3.71. The number of sulfone groups is 1. The molecule has 3 rings (SSSR count). The molecule has 1 aromatic carbocycles. The van der Waals surface area contributed by atoms with E-state index in [1.165, 1.54) is 6.08 Å². The Morgan fingerprint density at radius 2 is 1.79 bits per heavy atom. The van der Waals surface area contributed by atoms with Crippen LogP contribution < -0.4 is 4.74 Å². The zero-order valence-corrected chi connectivity index (χ0v) is 22.0. The SMILES string of the molecule is C=CC(CC)(/N=C(\OC)C(F)(F)F)N1CCC(N2CC[C@H](Oc3cc(F)c(S(C)(=O)=O)cc3F)C2=O)CC1. The van der Waals surface area contributed by atoms with Crippen molar-refractivity contribution in [3.63, 3.8) is 0 Å². The molecule has 2 saturated heterocycles. The van der Waals surface area contributed by atoms with E-state index in [4.69, 9.17) is 4.74 Å². The molecule has 2 aliphatic heterocycles. The van der Waals surface area contributed by atoms with Gasteiger partial charge in [-0.15, -0.1) is 0 Å². The van der Waals surface area contributed by atoms with Crippen molar-refractivity contribution >= 4 is 21.6 Å². The zero-order valence-electron chi connectivity index (χ0n) is 21.2. The zero-order chi connectivity index (χ0) is 28.5. The highest BCUT2D eigenvalue weighted by molar-refractivity contribution is 7.90. The van der Waals surface area contributed by atoms with Crippen LogP contribution in [0.15, 0.2) is 34.7 Å². The number of methoxy groups -OCH3 is 1. The van der Waals surface area contributed by atoms with Gasteiger partial charge >= 0.3 is 6.18 Å². The first-order valence-electron chi connectivity index (χ1n) is 11.9. The number of benzene rings is 1. The molecule has 14 heteroatoms. The summed E-state index contributed by atoms with van der Waals surface area (Å²) in [5.41, 5.74) is -1.34. The van der Waals surface area contributed by atoms with Crippen molar-refractivity contribution in [2.75, 3.05) is 33.0 Å². The first kappa shape index (κ1) is 29.8. The van der Waals surface area contributed by atoms with E-state index in [-0.39, 0.29) is 18.9 Å². The number of alkyl halides is 3. The van der Waals surface area contributed by atoms with Crippen LogP contribution in [0.4, 0.5) is 22.0 Å². The van der Waals surface area contributed by atoms with Gasteiger partial charge in [-0.3, -0.25) is 9.69 Å². The van der Waals surface area contributed by atoms with E-state index in [0.29, 0.717) is 44.6 Å². The van der Waals surface area contributed by atoms with Crippen molar-refractivity contribution in [2.45, 2.75) is 61.5 Å². The van der Waals surface area contributed by atoms with Crippen LogP contribution in [0, 0.1) is 11.6 Å². The molecule has 212 valence electrons. The monoisotopic (exact) mass is 567 g/mol. The van der Waals surface area contributed by atoms with Crippen LogP contribution in [0.1, 0.15) is 32.6 Å². The molecule has 1 unspecified atom stereocenters. The van der Waals surface area contributed by atoms with E-state index in [1.54, 1.807) is 16.7 Å². The summed E-state index contributed by atoms with van der Waals surface area (Å²) in [6.07, 6.45) is -2.47. The summed E-state index contributed by atoms with van der Waals surface area (Å²) in [6, 6.07) is 0.882. The molecule has 38 heavy (non-hydrogen) atoms. The van der Waals surface area contributed by atoms with Crippen molar-refractivity contribution in [3.05, 3.63) is 36.4 Å². The molecule has 2 heterocycles. The number of carbonyl (C=O) groups is 1. The number of amides is 1. The number of hydrogen-bond donors (Lipinski definition) is 0. The molecule has 2 atom stereocenters. The molecule has 0 spiro atoms. The van der Waals surface area contributed by atoms with Crippen LogP contribution in [-0.2, 0) is 19.4 Å². The topological polar surface area (TPSA) is 88.5 Å². The van der Waals surface area contributed by atoms with Gasteiger partial charge in [-0.2, -0.15) is 13.2 Å². The van der Waals surface area contributed by atoms with Crippen LogP contribution in [0.2, 0.25) is 0 Å². The fraction of sp³-hybridized carbons (Fsp3) is 0.583. The second-order valence-corrected chi connectivity index (χ2v) is 11.2. The Balaban J connectivity index is 1.69. The normalized spacial score (nSPS) is 21.9. The number of nitrogens with zero attached hydrogens (tertiary/aromatic N) is 3. The number of hydrogen-bond acceptors (Lipinski definition) is 7. The molecular formula is C24H30F5N3O5S. The Kier molecular flexibility index (Phi) is 8.76. The third-order valence-electron chi connectivity index (χ3n) is 6.88. The summed E-state index contributed by atoms with van der Waals surface area (Å²) in [5.74, 6) is -4.66. The average Bonchev–Trinajstić information content (AvgIpc) is 3.21. The number of aliphatic imine (C=N–C) groups is 1. The van der Waals surface area contributed by atoms with Crippen LogP contribution >= 0.6 is 0 Å². The van der Waals surface area contributed by atoms with Crippen LogP contribution in [0.3, 0.4) is 0 Å². The maximum atomic E-state index is 14.4. The Hall–Kier alpha value is -2.74. The average molecular weight is 568 g/mol. The standard InChI is InChI=1S/C24H30F5N3O5S/c1-5-23(6-2,30-22(36-3)24(27,28)29)31-10-7-15(8-11-31)32-12-9-18(21(32)33)37-19-13-17(26)20(14-16(19)25)38(4,34)35/h5,13-15,18H,1,6-12H2,2-4H3/b30-22-/t18-,23?/m0/s1. The smallest absolute Gasteiger partial charge is 0.468 e.